The summed E-state index contributed by atoms with van der Waals surface area (Å²) in [5, 5.41) is 7.77. The fourth-order valence-corrected chi connectivity index (χ4v) is 3.41. The molecule has 3 rings (SSSR count). The van der Waals surface area contributed by atoms with Crippen LogP contribution in [0.15, 0.2) is 79.4 Å². The van der Waals surface area contributed by atoms with Crippen molar-refractivity contribution in [2.24, 2.45) is 0 Å². The Balaban J connectivity index is 1.59. The Labute approximate surface area is 205 Å². The van der Waals surface area contributed by atoms with E-state index in [2.05, 4.69) is 37.8 Å². The summed E-state index contributed by atoms with van der Waals surface area (Å²) in [5.74, 6) is -0.0702. The van der Waals surface area contributed by atoms with Crippen molar-refractivity contribution < 1.29 is 23.8 Å². The van der Waals surface area contributed by atoms with Gasteiger partial charge >= 0.3 is 11.9 Å². The lowest BCUT2D eigenvalue weighted by molar-refractivity contribution is -0.137. The molecule has 0 bridgehead atoms. The molecule has 0 spiro atoms. The third-order valence-corrected chi connectivity index (χ3v) is 5.25. The molecular formula is C29H29NO5. The quantitative estimate of drug-likeness (QED) is 0.115. The van der Waals surface area contributed by atoms with Crippen molar-refractivity contribution in [3.05, 3.63) is 96.1 Å². The molecule has 35 heavy (non-hydrogen) atoms. The van der Waals surface area contributed by atoms with Crippen LogP contribution in [0.5, 0.6) is 11.5 Å². The Hall–Kier alpha value is -4.19. The van der Waals surface area contributed by atoms with E-state index in [1.807, 2.05) is 12.1 Å². The van der Waals surface area contributed by atoms with Crippen LogP contribution in [-0.2, 0) is 16.0 Å². The molecule has 0 aliphatic carbocycles. The largest absolute Gasteiger partial charge is 0.493 e. The molecule has 180 valence electrons. The monoisotopic (exact) mass is 471 g/mol. The number of aryl methyl sites for hydroxylation is 1. The van der Waals surface area contributed by atoms with E-state index in [0.29, 0.717) is 35.7 Å². The molecule has 0 amide bonds. The molecule has 0 fully saturated rings. The molecule has 0 aliphatic rings. The highest BCUT2D eigenvalue weighted by atomic mass is 16.5. The SMILES string of the molecule is C=CC(=O)OCCCOc1ccc(C(=O)Oc2ccc(-c3ccc(CCC)cc3)cc2C=N)cc1. The lowest BCUT2D eigenvalue weighted by Crippen LogP contribution is -2.10. The van der Waals surface area contributed by atoms with Crippen molar-refractivity contribution in [1.82, 2.24) is 0 Å². The van der Waals surface area contributed by atoms with Gasteiger partial charge in [0.1, 0.15) is 11.5 Å². The van der Waals surface area contributed by atoms with E-state index in [4.69, 9.17) is 19.6 Å². The van der Waals surface area contributed by atoms with Gasteiger partial charge in [0, 0.05) is 24.3 Å². The van der Waals surface area contributed by atoms with E-state index >= 15 is 0 Å². The summed E-state index contributed by atoms with van der Waals surface area (Å²) in [6.45, 7) is 6.10. The summed E-state index contributed by atoms with van der Waals surface area (Å²) >= 11 is 0. The van der Waals surface area contributed by atoms with Crippen LogP contribution in [0.4, 0.5) is 0 Å². The van der Waals surface area contributed by atoms with Crippen LogP contribution in [0.3, 0.4) is 0 Å². The van der Waals surface area contributed by atoms with E-state index in [-0.39, 0.29) is 6.61 Å². The maximum atomic E-state index is 12.6. The third-order valence-electron chi connectivity index (χ3n) is 5.25. The number of esters is 2. The van der Waals surface area contributed by atoms with E-state index in [9.17, 15) is 9.59 Å². The lowest BCUT2D eigenvalue weighted by Gasteiger charge is -2.11. The normalized spacial score (nSPS) is 10.3. The predicted octanol–water partition coefficient (Wildman–Crippen LogP) is 6.02. The number of carbonyl (C=O) groups excluding carboxylic acids is 2. The van der Waals surface area contributed by atoms with E-state index < -0.39 is 11.9 Å². The fraction of sp³-hybridized carbons (Fsp3) is 0.207. The molecule has 0 aromatic heterocycles. The van der Waals surface area contributed by atoms with Crippen LogP contribution >= 0.6 is 0 Å². The smallest absolute Gasteiger partial charge is 0.343 e. The molecule has 0 unspecified atom stereocenters. The Morgan fingerprint density at radius 3 is 2.31 bits per heavy atom. The third kappa shape index (κ3) is 7.40. The van der Waals surface area contributed by atoms with Crippen LogP contribution in [0.1, 0.15) is 41.3 Å². The van der Waals surface area contributed by atoms with Crippen molar-refractivity contribution in [3.8, 4) is 22.6 Å². The average molecular weight is 472 g/mol. The highest BCUT2D eigenvalue weighted by Gasteiger charge is 2.13. The van der Waals surface area contributed by atoms with E-state index in [0.717, 1.165) is 30.0 Å². The van der Waals surface area contributed by atoms with Crippen molar-refractivity contribution >= 4 is 18.2 Å². The van der Waals surface area contributed by atoms with Crippen LogP contribution in [0, 0.1) is 5.41 Å². The van der Waals surface area contributed by atoms with Gasteiger partial charge in [0.15, 0.2) is 0 Å². The van der Waals surface area contributed by atoms with Gasteiger partial charge in [-0.15, -0.1) is 0 Å². The van der Waals surface area contributed by atoms with Gasteiger partial charge in [-0.3, -0.25) is 0 Å². The van der Waals surface area contributed by atoms with Gasteiger partial charge in [0.25, 0.3) is 0 Å². The number of nitrogens with one attached hydrogen (secondary N) is 1. The molecule has 0 saturated carbocycles. The molecule has 1 N–H and O–H groups in total. The molecule has 3 aromatic carbocycles. The molecule has 3 aromatic rings. The molecule has 6 heteroatoms. The van der Waals surface area contributed by atoms with Crippen molar-refractivity contribution in [1.29, 1.82) is 5.41 Å². The first-order valence-corrected chi connectivity index (χ1v) is 11.5. The Kier molecular flexibility index (Phi) is 9.37. The maximum absolute atomic E-state index is 12.6. The maximum Gasteiger partial charge on any atom is 0.343 e. The van der Waals surface area contributed by atoms with Crippen LogP contribution in [-0.4, -0.2) is 31.4 Å². The second-order valence-electron chi connectivity index (χ2n) is 7.83. The predicted molar refractivity (Wildman–Crippen MR) is 136 cm³/mol. The number of rotatable bonds is 12. The molecule has 0 atom stereocenters. The second-order valence-corrected chi connectivity index (χ2v) is 7.83. The summed E-state index contributed by atoms with van der Waals surface area (Å²) in [4.78, 5) is 23.6. The number of hydrogen-bond acceptors (Lipinski definition) is 6. The first-order valence-electron chi connectivity index (χ1n) is 11.5. The van der Waals surface area contributed by atoms with Gasteiger partial charge in [-0.05, 0) is 59.5 Å². The highest BCUT2D eigenvalue weighted by Crippen LogP contribution is 2.27. The molecule has 0 heterocycles. The molecule has 0 radical (unpaired) electrons. The van der Waals surface area contributed by atoms with Crippen molar-refractivity contribution in [2.75, 3.05) is 13.2 Å². The average Bonchev–Trinajstić information content (AvgIpc) is 2.89. The summed E-state index contributed by atoms with van der Waals surface area (Å²) in [6.07, 6.45) is 4.98. The van der Waals surface area contributed by atoms with Gasteiger partial charge in [-0.25, -0.2) is 9.59 Å². The zero-order chi connectivity index (χ0) is 25.0. The minimum Gasteiger partial charge on any atom is -0.493 e. The van der Waals surface area contributed by atoms with Gasteiger partial charge in [0.05, 0.1) is 18.8 Å². The van der Waals surface area contributed by atoms with Gasteiger partial charge in [-0.2, -0.15) is 0 Å². The van der Waals surface area contributed by atoms with E-state index in [1.54, 1.807) is 30.3 Å². The van der Waals surface area contributed by atoms with Gasteiger partial charge in [0.2, 0.25) is 0 Å². The number of hydrogen-bond donors (Lipinski definition) is 1. The van der Waals surface area contributed by atoms with Crippen molar-refractivity contribution in [2.45, 2.75) is 26.2 Å². The zero-order valence-electron chi connectivity index (χ0n) is 19.8. The lowest BCUT2D eigenvalue weighted by atomic mass is 10.0. The minimum absolute atomic E-state index is 0.244. The summed E-state index contributed by atoms with van der Waals surface area (Å²) in [7, 11) is 0. The molecule has 0 aliphatic heterocycles. The first-order chi connectivity index (χ1) is 17.0. The fourth-order valence-electron chi connectivity index (χ4n) is 3.41. The second kappa shape index (κ2) is 12.9. The standard InChI is InChI=1S/C29H29NO5/c1-3-6-21-7-9-22(10-8-21)24-13-16-27(25(19-24)20-30)35-29(32)23-11-14-26(15-12-23)33-17-5-18-34-28(31)4-2/h4,7-16,19-20,30H,2-3,5-6,17-18H2,1H3. The molecule has 0 saturated heterocycles. The van der Waals surface area contributed by atoms with Gasteiger partial charge < -0.3 is 19.6 Å². The zero-order valence-corrected chi connectivity index (χ0v) is 19.8. The van der Waals surface area contributed by atoms with Crippen LogP contribution in [0.25, 0.3) is 11.1 Å². The van der Waals surface area contributed by atoms with Gasteiger partial charge in [-0.1, -0.05) is 50.3 Å². The molecular weight excluding hydrogens is 442 g/mol. The number of benzene rings is 3. The Morgan fingerprint density at radius 1 is 0.943 bits per heavy atom. The first kappa shape index (κ1) is 25.4. The summed E-state index contributed by atoms with van der Waals surface area (Å²) in [5.41, 5.74) is 4.17. The Bertz CT molecular complexity index is 1170. The number of carbonyl (C=O) groups is 2. The topological polar surface area (TPSA) is 85.7 Å². The summed E-state index contributed by atoms with van der Waals surface area (Å²) in [6, 6.07) is 20.4. The Morgan fingerprint density at radius 2 is 1.66 bits per heavy atom. The highest BCUT2D eigenvalue weighted by molar-refractivity contribution is 5.93. The van der Waals surface area contributed by atoms with Crippen LogP contribution < -0.4 is 9.47 Å². The van der Waals surface area contributed by atoms with E-state index in [1.165, 1.54) is 11.8 Å². The number of ether oxygens (including phenoxy) is 3. The minimum atomic E-state index is -0.521. The molecule has 6 nitrogen and oxygen atoms in total. The van der Waals surface area contributed by atoms with Crippen LogP contribution in [0.2, 0.25) is 0 Å². The van der Waals surface area contributed by atoms with Crippen molar-refractivity contribution in [3.63, 3.8) is 0 Å². The summed E-state index contributed by atoms with van der Waals surface area (Å²) < 4.78 is 16.0.